The van der Waals surface area contributed by atoms with Crippen molar-refractivity contribution in [2.75, 3.05) is 13.6 Å². The van der Waals surface area contributed by atoms with E-state index in [9.17, 15) is 0 Å². The molecule has 2 heteroatoms. The van der Waals surface area contributed by atoms with Crippen LogP contribution in [0.2, 0.25) is 0 Å². The quantitative estimate of drug-likeness (QED) is 0.567. The summed E-state index contributed by atoms with van der Waals surface area (Å²) in [7, 11) is 2.14. The van der Waals surface area contributed by atoms with E-state index >= 15 is 0 Å². The fourth-order valence-electron chi connectivity index (χ4n) is 2.41. The van der Waals surface area contributed by atoms with Crippen molar-refractivity contribution in [3.8, 4) is 12.0 Å². The molecule has 0 saturated heterocycles. The van der Waals surface area contributed by atoms with E-state index in [4.69, 9.17) is 5.73 Å². The molecule has 15 heavy (non-hydrogen) atoms. The lowest BCUT2D eigenvalue weighted by Gasteiger charge is -2.29. The molecule has 1 aliphatic rings. The third-order valence-corrected chi connectivity index (χ3v) is 3.58. The van der Waals surface area contributed by atoms with Crippen molar-refractivity contribution < 1.29 is 0 Å². The minimum absolute atomic E-state index is 0.633. The van der Waals surface area contributed by atoms with Gasteiger partial charge in [-0.2, -0.15) is 0 Å². The Labute approximate surface area is 94.2 Å². The Balaban J connectivity index is 2.25. The lowest BCUT2D eigenvalue weighted by atomic mass is 9.85. The van der Waals surface area contributed by atoms with E-state index in [-0.39, 0.29) is 0 Å². The fourth-order valence-corrected chi connectivity index (χ4v) is 2.41. The number of hydrogen-bond donors (Lipinski definition) is 1. The third-order valence-electron chi connectivity index (χ3n) is 3.58. The molecule has 1 atom stereocenters. The van der Waals surface area contributed by atoms with Crippen molar-refractivity contribution in [3.05, 3.63) is 0 Å². The van der Waals surface area contributed by atoms with Crippen LogP contribution in [0.25, 0.3) is 0 Å². The second kappa shape index (κ2) is 6.74. The Morgan fingerprint density at radius 3 is 2.60 bits per heavy atom. The maximum Gasteiger partial charge on any atom is 0.0619 e. The molecule has 1 saturated carbocycles. The van der Waals surface area contributed by atoms with Crippen LogP contribution in [-0.2, 0) is 0 Å². The molecule has 1 aliphatic carbocycles. The SMILES string of the molecule is CC(CC1CCCCC1)N(C)CC#CN. The molecule has 0 aromatic heterocycles. The Morgan fingerprint density at radius 1 is 1.33 bits per heavy atom. The van der Waals surface area contributed by atoms with Gasteiger partial charge in [0.25, 0.3) is 0 Å². The average molecular weight is 208 g/mol. The van der Waals surface area contributed by atoms with Gasteiger partial charge < -0.3 is 5.73 Å². The van der Waals surface area contributed by atoms with Crippen molar-refractivity contribution in [3.63, 3.8) is 0 Å². The molecular formula is C13H24N2. The predicted molar refractivity (Wildman–Crippen MR) is 65.2 cm³/mol. The average Bonchev–Trinajstić information content (AvgIpc) is 2.27. The molecule has 1 fully saturated rings. The summed E-state index contributed by atoms with van der Waals surface area (Å²) in [5.41, 5.74) is 5.17. The highest BCUT2D eigenvalue weighted by Crippen LogP contribution is 2.28. The van der Waals surface area contributed by atoms with E-state index < -0.39 is 0 Å². The van der Waals surface area contributed by atoms with Gasteiger partial charge in [0.15, 0.2) is 0 Å². The van der Waals surface area contributed by atoms with Gasteiger partial charge in [0, 0.05) is 12.1 Å². The van der Waals surface area contributed by atoms with E-state index in [1.165, 1.54) is 38.5 Å². The van der Waals surface area contributed by atoms with Crippen LogP contribution in [0.3, 0.4) is 0 Å². The zero-order valence-electron chi connectivity index (χ0n) is 10.1. The maximum absolute atomic E-state index is 5.17. The molecular weight excluding hydrogens is 184 g/mol. The second-order valence-corrected chi connectivity index (χ2v) is 4.82. The molecule has 1 unspecified atom stereocenters. The normalized spacial score (nSPS) is 19.7. The van der Waals surface area contributed by atoms with Gasteiger partial charge in [-0.05, 0) is 26.3 Å². The number of nitrogens with zero attached hydrogens (tertiary/aromatic N) is 1. The van der Waals surface area contributed by atoms with E-state index in [2.05, 4.69) is 30.8 Å². The summed E-state index contributed by atoms with van der Waals surface area (Å²) in [4.78, 5) is 2.30. The van der Waals surface area contributed by atoms with Crippen LogP contribution < -0.4 is 5.73 Å². The van der Waals surface area contributed by atoms with Gasteiger partial charge in [-0.15, -0.1) is 0 Å². The zero-order valence-corrected chi connectivity index (χ0v) is 10.1. The van der Waals surface area contributed by atoms with E-state index in [0.717, 1.165) is 12.5 Å². The molecule has 0 aromatic carbocycles. The summed E-state index contributed by atoms with van der Waals surface area (Å²) >= 11 is 0. The van der Waals surface area contributed by atoms with Gasteiger partial charge >= 0.3 is 0 Å². The Kier molecular flexibility index (Phi) is 5.57. The van der Waals surface area contributed by atoms with Gasteiger partial charge in [0.05, 0.1) is 6.54 Å². The first-order valence-electron chi connectivity index (χ1n) is 6.12. The summed E-state index contributed by atoms with van der Waals surface area (Å²) in [6, 6.07) is 3.10. The highest BCUT2D eigenvalue weighted by molar-refractivity contribution is 4.96. The Morgan fingerprint density at radius 2 is 2.00 bits per heavy atom. The highest BCUT2D eigenvalue weighted by Gasteiger charge is 2.18. The first kappa shape index (κ1) is 12.4. The molecule has 2 N–H and O–H groups in total. The van der Waals surface area contributed by atoms with Gasteiger partial charge in [-0.1, -0.05) is 38.0 Å². The van der Waals surface area contributed by atoms with Crippen LogP contribution in [0.1, 0.15) is 45.4 Å². The van der Waals surface area contributed by atoms with E-state index in [1.54, 1.807) is 0 Å². The summed E-state index contributed by atoms with van der Waals surface area (Å²) < 4.78 is 0. The van der Waals surface area contributed by atoms with Crippen LogP contribution in [-0.4, -0.2) is 24.5 Å². The highest BCUT2D eigenvalue weighted by atomic mass is 15.1. The summed E-state index contributed by atoms with van der Waals surface area (Å²) in [6.45, 7) is 3.09. The molecule has 0 bridgehead atoms. The van der Waals surface area contributed by atoms with Crippen molar-refractivity contribution in [2.45, 2.75) is 51.5 Å². The van der Waals surface area contributed by atoms with Crippen molar-refractivity contribution in [1.82, 2.24) is 4.90 Å². The van der Waals surface area contributed by atoms with Crippen molar-refractivity contribution in [2.24, 2.45) is 11.7 Å². The maximum atomic E-state index is 5.17. The minimum atomic E-state index is 0.633. The second-order valence-electron chi connectivity index (χ2n) is 4.82. The van der Waals surface area contributed by atoms with E-state index in [1.807, 2.05) is 0 Å². The fraction of sp³-hybridized carbons (Fsp3) is 0.846. The van der Waals surface area contributed by atoms with Crippen LogP contribution >= 0.6 is 0 Å². The van der Waals surface area contributed by atoms with Crippen LogP contribution in [0.15, 0.2) is 0 Å². The molecule has 0 heterocycles. The summed E-state index contributed by atoms with van der Waals surface area (Å²) in [5, 5.41) is 0. The van der Waals surface area contributed by atoms with Gasteiger partial charge in [0.2, 0.25) is 0 Å². The first-order chi connectivity index (χ1) is 7.24. The lowest BCUT2D eigenvalue weighted by molar-refractivity contribution is 0.216. The first-order valence-corrected chi connectivity index (χ1v) is 6.12. The third kappa shape index (κ3) is 4.57. The van der Waals surface area contributed by atoms with E-state index in [0.29, 0.717) is 6.04 Å². The Hall–Kier alpha value is -0.680. The topological polar surface area (TPSA) is 29.3 Å². The monoisotopic (exact) mass is 208 g/mol. The summed E-state index contributed by atoms with van der Waals surface area (Å²) in [6.07, 6.45) is 8.50. The molecule has 2 nitrogen and oxygen atoms in total. The molecule has 0 aliphatic heterocycles. The van der Waals surface area contributed by atoms with Gasteiger partial charge in [-0.25, -0.2) is 0 Å². The standard InChI is InChI=1S/C13H24N2/c1-12(15(2)10-6-9-14)11-13-7-4-3-5-8-13/h12-13H,3-5,7-8,10-11,14H2,1-2H3. The zero-order chi connectivity index (χ0) is 11.1. The minimum Gasteiger partial charge on any atom is -0.359 e. The number of rotatable bonds is 4. The molecule has 86 valence electrons. The van der Waals surface area contributed by atoms with Crippen molar-refractivity contribution >= 4 is 0 Å². The summed E-state index contributed by atoms with van der Waals surface area (Å²) in [5.74, 6) is 3.87. The Bertz CT molecular complexity index is 220. The van der Waals surface area contributed by atoms with Crippen LogP contribution in [0.4, 0.5) is 0 Å². The van der Waals surface area contributed by atoms with Gasteiger partial charge in [0.1, 0.15) is 0 Å². The van der Waals surface area contributed by atoms with Crippen molar-refractivity contribution in [1.29, 1.82) is 0 Å². The van der Waals surface area contributed by atoms with Crippen LogP contribution in [0.5, 0.6) is 0 Å². The lowest BCUT2D eigenvalue weighted by Crippen LogP contribution is -2.31. The van der Waals surface area contributed by atoms with Crippen LogP contribution in [0, 0.1) is 17.9 Å². The predicted octanol–water partition coefficient (Wildman–Crippen LogP) is 2.20. The molecule has 0 aromatic rings. The molecule has 0 spiro atoms. The smallest absolute Gasteiger partial charge is 0.0619 e. The molecule has 0 amide bonds. The largest absolute Gasteiger partial charge is 0.359 e. The molecule has 1 rings (SSSR count). The number of nitrogens with two attached hydrogens (primary N) is 1. The van der Waals surface area contributed by atoms with Gasteiger partial charge in [-0.3, -0.25) is 4.90 Å². The molecule has 0 radical (unpaired) electrons. The number of hydrogen-bond acceptors (Lipinski definition) is 2.